The highest BCUT2D eigenvalue weighted by Crippen LogP contribution is 2.26. The van der Waals surface area contributed by atoms with E-state index in [1.54, 1.807) is 11.4 Å². The Morgan fingerprint density at radius 2 is 1.88 bits per heavy atom. The molecule has 0 aliphatic heterocycles. The molecule has 0 radical (unpaired) electrons. The number of aryl methyl sites for hydroxylation is 1. The Kier molecular flexibility index (Phi) is 6.21. The van der Waals surface area contributed by atoms with Gasteiger partial charge >= 0.3 is 5.97 Å². The lowest BCUT2D eigenvalue weighted by Gasteiger charge is -2.08. The van der Waals surface area contributed by atoms with Crippen molar-refractivity contribution in [1.29, 1.82) is 0 Å². The number of aromatic nitrogens is 1. The van der Waals surface area contributed by atoms with Crippen molar-refractivity contribution in [1.82, 2.24) is 4.98 Å². The summed E-state index contributed by atoms with van der Waals surface area (Å²) in [4.78, 5) is 28.7. The first-order valence-electron chi connectivity index (χ1n) is 9.31. The lowest BCUT2D eigenvalue weighted by atomic mass is 10.2. The van der Waals surface area contributed by atoms with E-state index in [2.05, 4.69) is 15.0 Å². The molecule has 4 rings (SSSR count). The monoisotopic (exact) mass is 487 g/mol. The maximum Gasteiger partial charge on any atom is 0.338 e. The second kappa shape index (κ2) is 9.07. The quantitative estimate of drug-likeness (QED) is 0.377. The number of hydrogen-bond donors (Lipinski definition) is 2. The molecule has 0 unspecified atom stereocenters. The largest absolute Gasteiger partial charge is 0.452 e. The van der Waals surface area contributed by atoms with Crippen molar-refractivity contribution in [3.8, 4) is 0 Å². The molecular weight excluding hydrogens is 470 g/mol. The van der Waals surface area contributed by atoms with E-state index < -0.39 is 28.5 Å². The predicted molar refractivity (Wildman–Crippen MR) is 125 cm³/mol. The van der Waals surface area contributed by atoms with Crippen molar-refractivity contribution in [2.24, 2.45) is 0 Å². The molecule has 4 aromatic rings. The van der Waals surface area contributed by atoms with Crippen molar-refractivity contribution in [3.63, 3.8) is 0 Å². The number of amides is 1. The third-order valence-electron chi connectivity index (χ3n) is 4.26. The molecule has 2 aromatic carbocycles. The number of nitrogens with one attached hydrogen (secondary N) is 2. The fourth-order valence-electron chi connectivity index (χ4n) is 2.75. The maximum absolute atomic E-state index is 12.2. The van der Waals surface area contributed by atoms with Crippen LogP contribution in [0.4, 0.5) is 10.8 Å². The Morgan fingerprint density at radius 1 is 1.09 bits per heavy atom. The van der Waals surface area contributed by atoms with E-state index >= 15 is 0 Å². The third-order valence-corrected chi connectivity index (χ3v) is 7.97. The number of thiazole rings is 1. The molecule has 0 atom stereocenters. The Hall–Kier alpha value is -3.28. The van der Waals surface area contributed by atoms with Gasteiger partial charge in [-0.3, -0.25) is 14.8 Å². The fraction of sp³-hybridized carbons (Fsp3) is 0.0952. The van der Waals surface area contributed by atoms with Gasteiger partial charge in [-0.05, 0) is 60.3 Å². The number of rotatable bonds is 7. The van der Waals surface area contributed by atoms with Gasteiger partial charge in [-0.15, -0.1) is 11.3 Å². The normalized spacial score (nSPS) is 11.3. The molecule has 0 fully saturated rings. The second-order valence-electron chi connectivity index (χ2n) is 6.73. The molecule has 1 amide bonds. The minimum absolute atomic E-state index is 0.187. The lowest BCUT2D eigenvalue weighted by molar-refractivity contribution is -0.119. The molecule has 0 aliphatic rings. The molecule has 8 nitrogen and oxygen atoms in total. The SMILES string of the molecule is Cc1ccc2nc(NC(=O)COC(=O)c3ccc(NS(=O)(=O)c4cccs4)cc3)sc2c1. The Bertz CT molecular complexity index is 1380. The molecule has 2 N–H and O–H groups in total. The molecule has 32 heavy (non-hydrogen) atoms. The Morgan fingerprint density at radius 3 is 2.59 bits per heavy atom. The van der Waals surface area contributed by atoms with Crippen LogP contribution in [0.5, 0.6) is 0 Å². The highest BCUT2D eigenvalue weighted by Gasteiger charge is 2.16. The summed E-state index contributed by atoms with van der Waals surface area (Å²) in [5, 5.41) is 4.71. The van der Waals surface area contributed by atoms with Crippen LogP contribution in [0.15, 0.2) is 64.2 Å². The molecule has 0 saturated carbocycles. The van der Waals surface area contributed by atoms with Gasteiger partial charge in [0.1, 0.15) is 4.21 Å². The molecule has 2 aromatic heterocycles. The van der Waals surface area contributed by atoms with Crippen molar-refractivity contribution in [3.05, 3.63) is 71.1 Å². The number of fused-ring (bicyclic) bond motifs is 1. The van der Waals surface area contributed by atoms with E-state index in [0.717, 1.165) is 27.1 Å². The van der Waals surface area contributed by atoms with Gasteiger partial charge in [0.2, 0.25) is 0 Å². The Balaban J connectivity index is 1.32. The van der Waals surface area contributed by atoms with Crippen LogP contribution < -0.4 is 10.0 Å². The molecule has 11 heteroatoms. The minimum atomic E-state index is -3.67. The van der Waals surface area contributed by atoms with Crippen LogP contribution in [0.25, 0.3) is 10.2 Å². The Labute approximate surface area is 191 Å². The summed E-state index contributed by atoms with van der Waals surface area (Å²) in [6.07, 6.45) is 0. The van der Waals surface area contributed by atoms with Crippen LogP contribution in [0.2, 0.25) is 0 Å². The third kappa shape index (κ3) is 5.13. The van der Waals surface area contributed by atoms with Crippen LogP contribution in [0.3, 0.4) is 0 Å². The van der Waals surface area contributed by atoms with Crippen LogP contribution in [-0.4, -0.2) is 31.9 Å². The lowest BCUT2D eigenvalue weighted by Crippen LogP contribution is -2.20. The minimum Gasteiger partial charge on any atom is -0.452 e. The van der Waals surface area contributed by atoms with Gasteiger partial charge in [0.25, 0.3) is 15.9 Å². The number of anilines is 2. The van der Waals surface area contributed by atoms with Crippen molar-refractivity contribution in [2.45, 2.75) is 11.1 Å². The molecule has 164 valence electrons. The molecular formula is C21H17N3O5S3. The highest BCUT2D eigenvalue weighted by atomic mass is 32.2. The van der Waals surface area contributed by atoms with Crippen LogP contribution >= 0.6 is 22.7 Å². The first-order valence-corrected chi connectivity index (χ1v) is 12.5. The number of sulfonamides is 1. The van der Waals surface area contributed by atoms with Gasteiger partial charge in [-0.25, -0.2) is 18.2 Å². The average molecular weight is 488 g/mol. The van der Waals surface area contributed by atoms with E-state index in [4.69, 9.17) is 4.74 Å². The van der Waals surface area contributed by atoms with Gasteiger partial charge < -0.3 is 4.74 Å². The zero-order valence-electron chi connectivity index (χ0n) is 16.7. The second-order valence-corrected chi connectivity index (χ2v) is 10.6. The molecule has 0 bridgehead atoms. The number of carbonyl (C=O) groups is 2. The summed E-state index contributed by atoms with van der Waals surface area (Å²) in [6.45, 7) is 1.50. The number of carbonyl (C=O) groups excluding carboxylic acids is 2. The summed E-state index contributed by atoms with van der Waals surface area (Å²) in [7, 11) is -3.67. The highest BCUT2D eigenvalue weighted by molar-refractivity contribution is 7.94. The van der Waals surface area contributed by atoms with Crippen molar-refractivity contribution < 1.29 is 22.7 Å². The summed E-state index contributed by atoms with van der Waals surface area (Å²) in [6, 6.07) is 14.7. The zero-order valence-corrected chi connectivity index (χ0v) is 19.1. The number of nitrogens with zero attached hydrogens (tertiary/aromatic N) is 1. The van der Waals surface area contributed by atoms with E-state index in [1.807, 2.05) is 25.1 Å². The zero-order chi connectivity index (χ0) is 22.7. The number of benzene rings is 2. The van der Waals surface area contributed by atoms with Crippen molar-refractivity contribution >= 4 is 65.6 Å². The molecule has 2 heterocycles. The first-order chi connectivity index (χ1) is 15.3. The number of esters is 1. The van der Waals surface area contributed by atoms with Gasteiger partial charge in [0.15, 0.2) is 11.7 Å². The first kappa shape index (κ1) is 21.9. The molecule has 0 saturated heterocycles. The van der Waals surface area contributed by atoms with E-state index in [1.165, 1.54) is 41.7 Å². The van der Waals surface area contributed by atoms with E-state index in [0.29, 0.717) is 10.8 Å². The predicted octanol–water partition coefficient (Wildman–Crippen LogP) is 4.26. The maximum atomic E-state index is 12.2. The van der Waals surface area contributed by atoms with Crippen LogP contribution in [-0.2, 0) is 19.6 Å². The fourth-order valence-corrected chi connectivity index (χ4v) is 5.78. The number of thiophene rings is 1. The smallest absolute Gasteiger partial charge is 0.338 e. The van der Waals surface area contributed by atoms with Gasteiger partial charge in [0, 0.05) is 5.69 Å². The van der Waals surface area contributed by atoms with E-state index in [-0.39, 0.29) is 9.77 Å². The topological polar surface area (TPSA) is 114 Å². The van der Waals surface area contributed by atoms with Gasteiger partial charge in [0.05, 0.1) is 15.8 Å². The van der Waals surface area contributed by atoms with E-state index in [9.17, 15) is 18.0 Å². The standard InChI is InChI=1S/C21H17N3O5S3/c1-13-4-9-16-17(11-13)31-21(22-16)23-18(25)12-29-20(26)14-5-7-15(8-6-14)24-32(27,28)19-3-2-10-30-19/h2-11,24H,12H2,1H3,(H,22,23,25). The summed E-state index contributed by atoms with van der Waals surface area (Å²) in [5.41, 5.74) is 2.37. The van der Waals surface area contributed by atoms with Crippen molar-refractivity contribution in [2.75, 3.05) is 16.6 Å². The summed E-state index contributed by atoms with van der Waals surface area (Å²) in [5.74, 6) is -1.21. The summed E-state index contributed by atoms with van der Waals surface area (Å²) >= 11 is 2.44. The number of hydrogen-bond acceptors (Lipinski definition) is 8. The molecule has 0 aliphatic carbocycles. The van der Waals surface area contributed by atoms with Gasteiger partial charge in [-0.1, -0.05) is 23.5 Å². The summed E-state index contributed by atoms with van der Waals surface area (Å²) < 4.78 is 33.1. The van der Waals surface area contributed by atoms with Crippen LogP contribution in [0, 0.1) is 6.92 Å². The average Bonchev–Trinajstić information content (AvgIpc) is 3.42. The van der Waals surface area contributed by atoms with Gasteiger partial charge in [-0.2, -0.15) is 0 Å². The molecule has 0 spiro atoms. The number of ether oxygens (including phenoxy) is 1. The van der Waals surface area contributed by atoms with Crippen LogP contribution in [0.1, 0.15) is 15.9 Å².